The van der Waals surface area contributed by atoms with Crippen LogP contribution in [-0.4, -0.2) is 29.1 Å². The summed E-state index contributed by atoms with van der Waals surface area (Å²) in [5, 5.41) is 0. The Hall–Kier alpha value is -4.72. The first-order valence-electron chi connectivity index (χ1n) is 10.0. The summed E-state index contributed by atoms with van der Waals surface area (Å²) in [6, 6.07) is 22.6. The van der Waals surface area contributed by atoms with E-state index >= 15 is 0 Å². The van der Waals surface area contributed by atoms with Crippen molar-refractivity contribution in [1.82, 2.24) is 29.1 Å². The molecule has 8 heteroatoms. The number of hydrogen-bond donors (Lipinski definition) is 2. The molecule has 0 atom stereocenters. The molecule has 2 N–H and O–H groups in total. The van der Waals surface area contributed by atoms with Crippen LogP contribution < -0.4 is 11.4 Å². The van der Waals surface area contributed by atoms with Gasteiger partial charge in [0.25, 0.3) is 0 Å². The minimum atomic E-state index is -0.228. The highest BCUT2D eigenvalue weighted by Crippen LogP contribution is 2.23. The molecule has 0 saturated heterocycles. The Morgan fingerprint density at radius 2 is 0.969 bits per heavy atom. The van der Waals surface area contributed by atoms with E-state index in [0.717, 1.165) is 22.5 Å². The average Bonchev–Trinajstić information content (AvgIpc) is 3.34. The molecule has 0 radical (unpaired) electrons. The molecule has 0 aliphatic carbocycles. The Labute approximate surface area is 180 Å². The van der Waals surface area contributed by atoms with Gasteiger partial charge in [0.05, 0.1) is 22.4 Å². The minimum absolute atomic E-state index is 0.228. The molecule has 6 rings (SSSR count). The molecule has 154 valence electrons. The second-order valence-corrected chi connectivity index (χ2v) is 7.37. The Morgan fingerprint density at radius 3 is 1.38 bits per heavy atom. The van der Waals surface area contributed by atoms with E-state index in [1.807, 2.05) is 60.7 Å². The van der Waals surface area contributed by atoms with Crippen LogP contribution in [0.2, 0.25) is 0 Å². The number of fused-ring (bicyclic) bond motifs is 2. The zero-order valence-corrected chi connectivity index (χ0v) is 16.7. The average molecular weight is 420 g/mol. The van der Waals surface area contributed by atoms with E-state index in [1.54, 1.807) is 33.7 Å². The Balaban J connectivity index is 1.36. The standard InChI is InChI=1S/C24H16N6O2/c31-23-27-19-3-1-13-25-21(19)29(23)17-9-5-15(6-10-17)16-7-11-18(12-8-16)30-22-20(28-24(30)32)4-2-14-26-22/h1-14H,(H,27,31)(H,28,32). The Bertz CT molecular complexity index is 1570. The maximum atomic E-state index is 12.4. The number of hydrogen-bond acceptors (Lipinski definition) is 4. The molecule has 0 aliphatic heterocycles. The van der Waals surface area contributed by atoms with Crippen LogP contribution >= 0.6 is 0 Å². The third-order valence-corrected chi connectivity index (χ3v) is 5.47. The molecule has 0 amide bonds. The number of benzene rings is 2. The fourth-order valence-electron chi connectivity index (χ4n) is 3.97. The van der Waals surface area contributed by atoms with Crippen LogP contribution in [0.3, 0.4) is 0 Å². The summed E-state index contributed by atoms with van der Waals surface area (Å²) < 4.78 is 3.11. The van der Waals surface area contributed by atoms with Gasteiger partial charge < -0.3 is 9.97 Å². The van der Waals surface area contributed by atoms with Gasteiger partial charge in [-0.25, -0.2) is 28.7 Å². The third-order valence-electron chi connectivity index (χ3n) is 5.47. The van der Waals surface area contributed by atoms with E-state index in [2.05, 4.69) is 19.9 Å². The molecule has 0 bridgehead atoms. The molecule has 0 aliphatic rings. The number of imidazole rings is 2. The molecular formula is C24H16N6O2. The lowest BCUT2D eigenvalue weighted by Gasteiger charge is -2.07. The maximum Gasteiger partial charge on any atom is 0.332 e. The van der Waals surface area contributed by atoms with Gasteiger partial charge in [-0.15, -0.1) is 0 Å². The van der Waals surface area contributed by atoms with Crippen molar-refractivity contribution in [1.29, 1.82) is 0 Å². The van der Waals surface area contributed by atoms with Crippen LogP contribution in [0.25, 0.3) is 44.8 Å². The molecule has 4 aromatic heterocycles. The van der Waals surface area contributed by atoms with Crippen LogP contribution in [0.1, 0.15) is 0 Å². The predicted molar refractivity (Wildman–Crippen MR) is 122 cm³/mol. The van der Waals surface area contributed by atoms with Gasteiger partial charge in [0.15, 0.2) is 11.3 Å². The SMILES string of the molecule is O=c1[nH]c2cccnc2n1-c1ccc(-c2ccc(-n3c(=O)[nH]c4cccnc43)cc2)cc1. The van der Waals surface area contributed by atoms with Gasteiger partial charge in [0, 0.05) is 12.4 Å². The summed E-state index contributed by atoms with van der Waals surface area (Å²) in [4.78, 5) is 39.1. The highest BCUT2D eigenvalue weighted by Gasteiger charge is 2.11. The van der Waals surface area contributed by atoms with Gasteiger partial charge >= 0.3 is 11.4 Å². The first kappa shape index (κ1) is 18.1. The van der Waals surface area contributed by atoms with Crippen molar-refractivity contribution in [2.45, 2.75) is 0 Å². The van der Waals surface area contributed by atoms with Crippen molar-refractivity contribution in [2.75, 3.05) is 0 Å². The molecule has 6 aromatic rings. The number of aromatic amines is 2. The highest BCUT2D eigenvalue weighted by molar-refractivity contribution is 5.74. The quantitative estimate of drug-likeness (QED) is 0.458. The molecule has 2 aromatic carbocycles. The van der Waals surface area contributed by atoms with Crippen molar-refractivity contribution in [3.63, 3.8) is 0 Å². The van der Waals surface area contributed by atoms with Crippen molar-refractivity contribution in [2.24, 2.45) is 0 Å². The van der Waals surface area contributed by atoms with Gasteiger partial charge in [-0.3, -0.25) is 0 Å². The fourth-order valence-corrected chi connectivity index (χ4v) is 3.97. The number of rotatable bonds is 3. The fraction of sp³-hybridized carbons (Fsp3) is 0. The van der Waals surface area contributed by atoms with Gasteiger partial charge in [0.2, 0.25) is 0 Å². The lowest BCUT2D eigenvalue weighted by Crippen LogP contribution is -2.15. The van der Waals surface area contributed by atoms with Gasteiger partial charge in [-0.2, -0.15) is 0 Å². The number of nitrogens with zero attached hydrogens (tertiary/aromatic N) is 4. The van der Waals surface area contributed by atoms with Gasteiger partial charge in [-0.1, -0.05) is 24.3 Å². The topological polar surface area (TPSA) is 101 Å². The summed E-state index contributed by atoms with van der Waals surface area (Å²) in [6.45, 7) is 0. The third kappa shape index (κ3) is 2.78. The summed E-state index contributed by atoms with van der Waals surface area (Å²) in [7, 11) is 0. The van der Waals surface area contributed by atoms with E-state index < -0.39 is 0 Å². The van der Waals surface area contributed by atoms with Crippen LogP contribution in [0.4, 0.5) is 0 Å². The Morgan fingerprint density at radius 1 is 0.562 bits per heavy atom. The van der Waals surface area contributed by atoms with E-state index in [9.17, 15) is 9.59 Å². The molecular weight excluding hydrogens is 404 g/mol. The molecule has 0 spiro atoms. The number of H-pyrrole nitrogens is 2. The number of pyridine rings is 2. The summed E-state index contributed by atoms with van der Waals surface area (Å²) in [6.07, 6.45) is 3.33. The molecule has 8 nitrogen and oxygen atoms in total. The molecule has 0 fully saturated rings. The van der Waals surface area contributed by atoms with Crippen LogP contribution in [0.5, 0.6) is 0 Å². The predicted octanol–water partition coefficient (Wildman–Crippen LogP) is 3.41. The first-order chi connectivity index (χ1) is 15.7. The van der Waals surface area contributed by atoms with Gasteiger partial charge in [-0.05, 0) is 59.7 Å². The highest BCUT2D eigenvalue weighted by atomic mass is 16.1. The van der Waals surface area contributed by atoms with E-state index in [-0.39, 0.29) is 11.4 Å². The largest absolute Gasteiger partial charge is 0.332 e. The van der Waals surface area contributed by atoms with Crippen molar-refractivity contribution < 1.29 is 0 Å². The minimum Gasteiger partial charge on any atom is -0.304 e. The van der Waals surface area contributed by atoms with Gasteiger partial charge in [0.1, 0.15) is 0 Å². The van der Waals surface area contributed by atoms with Crippen LogP contribution in [-0.2, 0) is 0 Å². The molecule has 4 heterocycles. The summed E-state index contributed by atoms with van der Waals surface area (Å²) >= 11 is 0. The summed E-state index contributed by atoms with van der Waals surface area (Å²) in [5.74, 6) is 0. The van der Waals surface area contributed by atoms with E-state index in [0.29, 0.717) is 22.3 Å². The van der Waals surface area contributed by atoms with Crippen molar-refractivity contribution >= 4 is 22.3 Å². The lowest BCUT2D eigenvalue weighted by atomic mass is 10.0. The lowest BCUT2D eigenvalue weighted by molar-refractivity contribution is 0.999. The van der Waals surface area contributed by atoms with E-state index in [1.165, 1.54) is 0 Å². The maximum absolute atomic E-state index is 12.4. The van der Waals surface area contributed by atoms with Crippen LogP contribution in [0, 0.1) is 0 Å². The monoisotopic (exact) mass is 420 g/mol. The van der Waals surface area contributed by atoms with Crippen LogP contribution in [0.15, 0.2) is 94.8 Å². The van der Waals surface area contributed by atoms with Crippen molar-refractivity contribution in [3.05, 3.63) is 106 Å². The zero-order chi connectivity index (χ0) is 21.7. The van der Waals surface area contributed by atoms with Crippen molar-refractivity contribution in [3.8, 4) is 22.5 Å². The second kappa shape index (κ2) is 6.92. The number of nitrogens with one attached hydrogen (secondary N) is 2. The second-order valence-electron chi connectivity index (χ2n) is 7.37. The Kier molecular flexibility index (Phi) is 3.91. The smallest absolute Gasteiger partial charge is 0.304 e. The molecule has 0 unspecified atom stereocenters. The molecule has 32 heavy (non-hydrogen) atoms. The zero-order valence-electron chi connectivity index (χ0n) is 16.7. The van der Waals surface area contributed by atoms with E-state index in [4.69, 9.17) is 0 Å². The first-order valence-corrected chi connectivity index (χ1v) is 10.0. The molecule has 0 saturated carbocycles. The summed E-state index contributed by atoms with van der Waals surface area (Å²) in [5.41, 5.74) is 5.56. The number of aromatic nitrogens is 6. The normalized spacial score (nSPS) is 11.4.